The molecular weight excluding hydrogens is 325 g/mol. The van der Waals surface area contributed by atoms with Gasteiger partial charge in [-0.1, -0.05) is 30.3 Å². The summed E-state index contributed by atoms with van der Waals surface area (Å²) in [6, 6.07) is 13.9. The Bertz CT molecular complexity index is 664. The van der Waals surface area contributed by atoms with Gasteiger partial charge in [-0.2, -0.15) is 11.8 Å². The topological polar surface area (TPSA) is 49.3 Å². The van der Waals surface area contributed by atoms with Gasteiger partial charge < -0.3 is 10.4 Å². The third-order valence-corrected chi connectivity index (χ3v) is 4.37. The molecule has 0 aliphatic carbocycles. The third-order valence-electron chi connectivity index (χ3n) is 3.77. The minimum absolute atomic E-state index is 0.0770. The summed E-state index contributed by atoms with van der Waals surface area (Å²) in [5, 5.41) is 12.1. The number of aliphatic hydroxyl groups is 1. The van der Waals surface area contributed by atoms with Crippen molar-refractivity contribution in [3.05, 3.63) is 71.0 Å². The van der Waals surface area contributed by atoms with Crippen molar-refractivity contribution in [1.29, 1.82) is 0 Å². The number of carbonyl (C=O) groups excluding carboxylic acids is 1. The molecule has 0 saturated carbocycles. The Morgan fingerprint density at radius 3 is 2.67 bits per heavy atom. The van der Waals surface area contributed by atoms with Crippen LogP contribution in [0.1, 0.15) is 40.4 Å². The summed E-state index contributed by atoms with van der Waals surface area (Å²) in [4.78, 5) is 12.6. The first-order valence-corrected chi connectivity index (χ1v) is 9.29. The second kappa shape index (κ2) is 9.45. The minimum atomic E-state index is -0.291. The molecule has 1 atom stereocenters. The molecule has 3 nitrogen and oxygen atoms in total. The van der Waals surface area contributed by atoms with Crippen molar-refractivity contribution in [3.8, 4) is 0 Å². The Kier molecular flexibility index (Phi) is 7.28. The van der Waals surface area contributed by atoms with E-state index in [1.165, 1.54) is 23.9 Å². The Morgan fingerprint density at radius 2 is 2.00 bits per heavy atom. The maximum Gasteiger partial charge on any atom is 0.251 e. The summed E-state index contributed by atoms with van der Waals surface area (Å²) < 4.78 is 13.7. The van der Waals surface area contributed by atoms with Crippen LogP contribution in [0.5, 0.6) is 0 Å². The average Bonchev–Trinajstić information content (AvgIpc) is 2.61. The Morgan fingerprint density at radius 1 is 1.25 bits per heavy atom. The molecule has 0 aromatic heterocycles. The molecule has 2 aromatic carbocycles. The SMILES string of the molecule is CSCc1cc(C(=O)NC(CCCO)c2ccccc2)ccc1F. The highest BCUT2D eigenvalue weighted by Gasteiger charge is 2.16. The largest absolute Gasteiger partial charge is 0.396 e. The lowest BCUT2D eigenvalue weighted by Crippen LogP contribution is -2.29. The zero-order chi connectivity index (χ0) is 17.4. The minimum Gasteiger partial charge on any atom is -0.396 e. The average molecular weight is 347 g/mol. The van der Waals surface area contributed by atoms with Crippen LogP contribution < -0.4 is 5.32 Å². The van der Waals surface area contributed by atoms with Crippen LogP contribution in [0.2, 0.25) is 0 Å². The third kappa shape index (κ3) is 5.08. The summed E-state index contributed by atoms with van der Waals surface area (Å²) in [5.74, 6) is 0.00415. The molecule has 2 aromatic rings. The fourth-order valence-corrected chi connectivity index (χ4v) is 3.06. The van der Waals surface area contributed by atoms with Crippen molar-refractivity contribution < 1.29 is 14.3 Å². The van der Waals surface area contributed by atoms with E-state index in [9.17, 15) is 9.18 Å². The molecule has 5 heteroatoms. The maximum atomic E-state index is 13.7. The van der Waals surface area contributed by atoms with Crippen LogP contribution in [0.15, 0.2) is 48.5 Å². The predicted molar refractivity (Wildman–Crippen MR) is 96.6 cm³/mol. The van der Waals surface area contributed by atoms with E-state index in [0.717, 1.165) is 5.56 Å². The van der Waals surface area contributed by atoms with E-state index in [-0.39, 0.29) is 24.4 Å². The number of thioether (sulfide) groups is 1. The van der Waals surface area contributed by atoms with Crippen LogP contribution >= 0.6 is 11.8 Å². The number of nitrogens with one attached hydrogen (secondary N) is 1. The van der Waals surface area contributed by atoms with Gasteiger partial charge in [-0.25, -0.2) is 4.39 Å². The van der Waals surface area contributed by atoms with Crippen molar-refractivity contribution in [2.75, 3.05) is 12.9 Å². The zero-order valence-corrected chi connectivity index (χ0v) is 14.5. The molecule has 0 fully saturated rings. The molecule has 0 spiro atoms. The van der Waals surface area contributed by atoms with Crippen LogP contribution in [0.3, 0.4) is 0 Å². The van der Waals surface area contributed by atoms with Gasteiger partial charge >= 0.3 is 0 Å². The second-order valence-electron chi connectivity index (χ2n) is 5.54. The quantitative estimate of drug-likeness (QED) is 0.761. The van der Waals surface area contributed by atoms with Gasteiger partial charge in [0.2, 0.25) is 0 Å². The fourth-order valence-electron chi connectivity index (χ4n) is 2.53. The molecule has 0 saturated heterocycles. The van der Waals surface area contributed by atoms with Crippen LogP contribution in [0, 0.1) is 5.82 Å². The highest BCUT2D eigenvalue weighted by Crippen LogP contribution is 2.20. The number of amides is 1. The van der Waals surface area contributed by atoms with Crippen molar-refractivity contribution in [3.63, 3.8) is 0 Å². The second-order valence-corrected chi connectivity index (χ2v) is 6.41. The summed E-state index contributed by atoms with van der Waals surface area (Å²) in [5.41, 5.74) is 1.97. The standard InChI is InChI=1S/C19H22FNO2S/c1-24-13-16-12-15(9-10-17(16)20)19(23)21-18(8-5-11-22)14-6-3-2-4-7-14/h2-4,6-7,9-10,12,18,22H,5,8,11,13H2,1H3,(H,21,23). The molecule has 128 valence electrons. The highest BCUT2D eigenvalue weighted by molar-refractivity contribution is 7.97. The van der Waals surface area contributed by atoms with Gasteiger partial charge in [0.05, 0.1) is 6.04 Å². The van der Waals surface area contributed by atoms with E-state index in [1.807, 2.05) is 36.6 Å². The molecule has 2 N–H and O–H groups in total. The number of hydrogen-bond donors (Lipinski definition) is 2. The molecule has 1 unspecified atom stereocenters. The first kappa shape index (κ1) is 18.5. The first-order chi connectivity index (χ1) is 11.7. The van der Waals surface area contributed by atoms with E-state index in [2.05, 4.69) is 5.32 Å². The first-order valence-electron chi connectivity index (χ1n) is 7.89. The summed E-state index contributed by atoms with van der Waals surface area (Å²) in [7, 11) is 0. The van der Waals surface area contributed by atoms with Crippen molar-refractivity contribution in [1.82, 2.24) is 5.32 Å². The summed E-state index contributed by atoms with van der Waals surface area (Å²) in [6.45, 7) is 0.0770. The molecule has 2 rings (SSSR count). The monoisotopic (exact) mass is 347 g/mol. The van der Waals surface area contributed by atoms with E-state index >= 15 is 0 Å². The Labute approximate surface area is 146 Å². The molecule has 24 heavy (non-hydrogen) atoms. The van der Waals surface area contributed by atoms with Gasteiger partial charge in [0, 0.05) is 17.9 Å². The van der Waals surface area contributed by atoms with Crippen LogP contribution in [-0.2, 0) is 5.75 Å². The molecular formula is C19H22FNO2S. The van der Waals surface area contributed by atoms with Crippen LogP contribution in [0.4, 0.5) is 4.39 Å². The number of halogens is 1. The number of rotatable bonds is 8. The molecule has 1 amide bonds. The Hall–Kier alpha value is -1.85. The molecule has 0 radical (unpaired) electrons. The van der Waals surface area contributed by atoms with Gasteiger partial charge in [-0.05, 0) is 48.4 Å². The van der Waals surface area contributed by atoms with Gasteiger partial charge in [0.15, 0.2) is 0 Å². The lowest BCUT2D eigenvalue weighted by atomic mass is 10.0. The summed E-state index contributed by atoms with van der Waals surface area (Å²) in [6.07, 6.45) is 3.14. The number of hydrogen-bond acceptors (Lipinski definition) is 3. The molecule has 0 bridgehead atoms. The van der Waals surface area contributed by atoms with Crippen molar-refractivity contribution in [2.24, 2.45) is 0 Å². The lowest BCUT2D eigenvalue weighted by molar-refractivity contribution is 0.0932. The van der Waals surface area contributed by atoms with Gasteiger partial charge in [0.25, 0.3) is 5.91 Å². The molecule has 0 aliphatic heterocycles. The van der Waals surface area contributed by atoms with Crippen LogP contribution in [0.25, 0.3) is 0 Å². The van der Waals surface area contributed by atoms with E-state index in [4.69, 9.17) is 5.11 Å². The fraction of sp³-hybridized carbons (Fsp3) is 0.316. The van der Waals surface area contributed by atoms with E-state index in [0.29, 0.717) is 29.7 Å². The van der Waals surface area contributed by atoms with Crippen molar-refractivity contribution >= 4 is 17.7 Å². The van der Waals surface area contributed by atoms with Gasteiger partial charge in [-0.3, -0.25) is 4.79 Å². The normalized spacial score (nSPS) is 12.0. The lowest BCUT2D eigenvalue weighted by Gasteiger charge is -2.19. The maximum absolute atomic E-state index is 13.7. The predicted octanol–water partition coefficient (Wildman–Crippen LogP) is 3.93. The van der Waals surface area contributed by atoms with E-state index in [1.54, 1.807) is 6.07 Å². The zero-order valence-electron chi connectivity index (χ0n) is 13.7. The van der Waals surface area contributed by atoms with Crippen molar-refractivity contribution in [2.45, 2.75) is 24.6 Å². The van der Waals surface area contributed by atoms with Gasteiger partial charge in [-0.15, -0.1) is 0 Å². The number of aliphatic hydroxyl groups excluding tert-OH is 1. The van der Waals surface area contributed by atoms with Gasteiger partial charge in [0.1, 0.15) is 5.82 Å². The smallest absolute Gasteiger partial charge is 0.251 e. The summed E-state index contributed by atoms with van der Waals surface area (Å²) >= 11 is 1.51. The molecule has 0 aliphatic rings. The van der Waals surface area contributed by atoms with Crippen LogP contribution in [-0.4, -0.2) is 23.9 Å². The number of carbonyl (C=O) groups is 1. The van der Waals surface area contributed by atoms with E-state index < -0.39 is 0 Å². The molecule has 0 heterocycles. The Balaban J connectivity index is 2.16. The highest BCUT2D eigenvalue weighted by atomic mass is 32.2. The number of benzene rings is 2.